The number of hydrogen-bond donors (Lipinski definition) is 2. The molecule has 10 heteroatoms. The van der Waals surface area contributed by atoms with Crippen molar-refractivity contribution in [1.29, 1.82) is 0 Å². The smallest absolute Gasteiger partial charge is 0.336 e. The van der Waals surface area contributed by atoms with Gasteiger partial charge in [-0.25, -0.2) is 23.1 Å². The van der Waals surface area contributed by atoms with Gasteiger partial charge in [-0.05, 0) is 13.8 Å². The molecule has 0 saturated carbocycles. The first-order valence-electron chi connectivity index (χ1n) is 6.18. The van der Waals surface area contributed by atoms with E-state index in [0.717, 1.165) is 12.5 Å². The lowest BCUT2D eigenvalue weighted by Crippen LogP contribution is -2.44. The lowest BCUT2D eigenvalue weighted by Gasteiger charge is -2.23. The number of amides is 1. The summed E-state index contributed by atoms with van der Waals surface area (Å²) in [6.45, 7) is 2.95. The fraction of sp³-hybridized carbons (Fsp3) is 0.462. The number of aromatic nitrogens is 2. The van der Waals surface area contributed by atoms with Crippen LogP contribution < -0.4 is 10.6 Å². The molecule has 2 N–H and O–H groups in total. The Kier molecular flexibility index (Phi) is 5.47. The normalized spacial score (nSPS) is 13.3. The molecule has 5 nitrogen and oxygen atoms in total. The first kappa shape index (κ1) is 18.6. The average Bonchev–Trinajstić information content (AvgIpc) is 2.47. The van der Waals surface area contributed by atoms with Crippen molar-refractivity contribution < 1.29 is 26.7 Å². The summed E-state index contributed by atoms with van der Waals surface area (Å²) in [5.74, 6) is -4.26. The van der Waals surface area contributed by atoms with Crippen LogP contribution in [0.2, 0.25) is 0 Å². The number of carbonyl (C=O) groups excluding carboxylic acids is 1. The van der Waals surface area contributed by atoms with Crippen LogP contribution in [0.25, 0.3) is 0 Å². The summed E-state index contributed by atoms with van der Waals surface area (Å²) in [5.41, 5.74) is -1.52. The van der Waals surface area contributed by atoms with E-state index < -0.39 is 41.5 Å². The topological polar surface area (TPSA) is 66.9 Å². The number of alkyl halides is 5. The predicted octanol–water partition coefficient (Wildman–Crippen LogP) is 2.23. The van der Waals surface area contributed by atoms with Crippen LogP contribution >= 0.6 is 0 Å². The molecular weight excluding hydrogens is 323 g/mol. The zero-order valence-electron chi connectivity index (χ0n) is 12.1. The van der Waals surface area contributed by atoms with Crippen LogP contribution in [-0.2, 0) is 0 Å². The number of hydrogen-bond acceptors (Lipinski definition) is 4. The minimum Gasteiger partial charge on any atom is -0.336 e. The molecular formula is C13H13F5N4O. The van der Waals surface area contributed by atoms with Gasteiger partial charge in [-0.3, -0.25) is 4.79 Å². The fourth-order valence-corrected chi connectivity index (χ4v) is 1.32. The molecule has 23 heavy (non-hydrogen) atoms. The molecule has 0 aromatic carbocycles. The number of terminal acetylenes is 1. The van der Waals surface area contributed by atoms with Crippen LogP contribution in [0.15, 0.2) is 12.5 Å². The van der Waals surface area contributed by atoms with Gasteiger partial charge in [-0.1, -0.05) is 5.92 Å². The van der Waals surface area contributed by atoms with Gasteiger partial charge in [0.25, 0.3) is 5.91 Å². The van der Waals surface area contributed by atoms with Crippen molar-refractivity contribution in [2.24, 2.45) is 0 Å². The Labute approximate surface area is 128 Å². The van der Waals surface area contributed by atoms with Crippen LogP contribution in [-0.4, -0.2) is 40.1 Å². The van der Waals surface area contributed by atoms with Crippen molar-refractivity contribution in [3.8, 4) is 12.3 Å². The van der Waals surface area contributed by atoms with E-state index in [4.69, 9.17) is 6.42 Å². The summed E-state index contributed by atoms with van der Waals surface area (Å²) in [7, 11) is 0. The monoisotopic (exact) mass is 336 g/mol. The van der Waals surface area contributed by atoms with E-state index in [1.54, 1.807) is 0 Å². The quantitative estimate of drug-likeness (QED) is 0.475. The molecule has 1 rings (SSSR count). The third kappa shape index (κ3) is 4.51. The molecule has 1 aromatic heterocycles. The molecule has 1 atom stereocenters. The third-order valence-corrected chi connectivity index (χ3v) is 2.64. The van der Waals surface area contributed by atoms with Crippen LogP contribution in [0, 0.1) is 12.3 Å². The van der Waals surface area contributed by atoms with E-state index >= 15 is 0 Å². The van der Waals surface area contributed by atoms with Crippen LogP contribution in [0.3, 0.4) is 0 Å². The van der Waals surface area contributed by atoms with Gasteiger partial charge in [0, 0.05) is 6.20 Å². The van der Waals surface area contributed by atoms with E-state index in [1.807, 2.05) is 0 Å². The molecule has 0 radical (unpaired) electrons. The zero-order chi connectivity index (χ0) is 17.8. The number of anilines is 1. The highest BCUT2D eigenvalue weighted by Gasteiger charge is 2.50. The van der Waals surface area contributed by atoms with Crippen molar-refractivity contribution in [2.45, 2.75) is 38.0 Å². The molecule has 0 spiro atoms. The summed E-state index contributed by atoms with van der Waals surface area (Å²) in [6.07, 6.45) is -0.759. The molecule has 1 heterocycles. The van der Waals surface area contributed by atoms with E-state index in [9.17, 15) is 26.7 Å². The summed E-state index contributed by atoms with van der Waals surface area (Å²) in [5, 5.41) is 3.80. The summed E-state index contributed by atoms with van der Waals surface area (Å²) >= 11 is 0. The fourth-order valence-electron chi connectivity index (χ4n) is 1.32. The predicted molar refractivity (Wildman–Crippen MR) is 71.9 cm³/mol. The molecule has 1 amide bonds. The number of halogens is 5. The van der Waals surface area contributed by atoms with Gasteiger partial charge in [-0.2, -0.15) is 8.78 Å². The summed E-state index contributed by atoms with van der Waals surface area (Å²) in [6, 6.07) is 0. The van der Waals surface area contributed by atoms with Crippen molar-refractivity contribution in [3.05, 3.63) is 18.1 Å². The molecule has 126 valence electrons. The highest BCUT2D eigenvalue weighted by atomic mass is 19.3. The van der Waals surface area contributed by atoms with Gasteiger partial charge in [-0.15, -0.1) is 6.42 Å². The van der Waals surface area contributed by atoms with Crippen LogP contribution in [0.4, 0.5) is 27.8 Å². The zero-order valence-corrected chi connectivity index (χ0v) is 12.1. The maximum Gasteiger partial charge on any atom is 0.355 e. The Balaban J connectivity index is 3.03. The average molecular weight is 336 g/mol. The SMILES string of the molecule is C#CC(C)(C)NC(=O)c1cncnc1NC(F)C(F)(F)C(F)F. The molecule has 0 fully saturated rings. The number of carbonyl (C=O) groups is 1. The molecule has 1 unspecified atom stereocenters. The van der Waals surface area contributed by atoms with Gasteiger partial charge in [0.15, 0.2) is 0 Å². The minimum absolute atomic E-state index is 0.427. The lowest BCUT2D eigenvalue weighted by atomic mass is 10.1. The molecule has 0 saturated heterocycles. The van der Waals surface area contributed by atoms with E-state index in [-0.39, 0.29) is 0 Å². The van der Waals surface area contributed by atoms with Gasteiger partial charge in [0.05, 0.1) is 5.54 Å². The first-order chi connectivity index (χ1) is 10.5. The van der Waals surface area contributed by atoms with Crippen LogP contribution in [0.5, 0.6) is 0 Å². The number of nitrogens with zero attached hydrogens (tertiary/aromatic N) is 2. The van der Waals surface area contributed by atoms with Crippen molar-refractivity contribution in [2.75, 3.05) is 5.32 Å². The second-order valence-corrected chi connectivity index (χ2v) is 4.99. The highest BCUT2D eigenvalue weighted by Crippen LogP contribution is 2.30. The summed E-state index contributed by atoms with van der Waals surface area (Å²) in [4.78, 5) is 18.9. The Morgan fingerprint density at radius 3 is 2.48 bits per heavy atom. The largest absolute Gasteiger partial charge is 0.355 e. The molecule has 0 aliphatic heterocycles. The summed E-state index contributed by atoms with van der Waals surface area (Å²) < 4.78 is 63.5. The minimum atomic E-state index is -4.96. The number of rotatable bonds is 6. The van der Waals surface area contributed by atoms with Gasteiger partial charge in [0.2, 0.25) is 6.30 Å². The van der Waals surface area contributed by atoms with E-state index in [0.29, 0.717) is 0 Å². The third-order valence-electron chi connectivity index (χ3n) is 2.64. The molecule has 1 aromatic rings. The van der Waals surface area contributed by atoms with Crippen molar-refractivity contribution in [3.63, 3.8) is 0 Å². The molecule has 0 bridgehead atoms. The van der Waals surface area contributed by atoms with Gasteiger partial charge in [0.1, 0.15) is 17.7 Å². The van der Waals surface area contributed by atoms with Crippen molar-refractivity contribution >= 4 is 11.7 Å². The Morgan fingerprint density at radius 2 is 1.96 bits per heavy atom. The Hall–Kier alpha value is -2.44. The first-order valence-corrected chi connectivity index (χ1v) is 6.18. The van der Waals surface area contributed by atoms with Crippen LogP contribution in [0.1, 0.15) is 24.2 Å². The Morgan fingerprint density at radius 1 is 1.35 bits per heavy atom. The Bertz CT molecular complexity index is 615. The highest BCUT2D eigenvalue weighted by molar-refractivity contribution is 5.99. The second-order valence-electron chi connectivity index (χ2n) is 4.99. The molecule has 0 aliphatic rings. The van der Waals surface area contributed by atoms with Crippen molar-refractivity contribution in [1.82, 2.24) is 15.3 Å². The van der Waals surface area contributed by atoms with Gasteiger partial charge >= 0.3 is 12.3 Å². The maximum absolute atomic E-state index is 13.4. The molecule has 0 aliphatic carbocycles. The van der Waals surface area contributed by atoms with Gasteiger partial charge < -0.3 is 10.6 Å². The van der Waals surface area contributed by atoms with E-state index in [2.05, 4.69) is 21.2 Å². The lowest BCUT2D eigenvalue weighted by molar-refractivity contribution is -0.163. The standard InChI is InChI=1S/C13H13F5N4O/c1-4-12(2,3)22-9(23)7-5-19-6-20-8(7)21-11(16)13(17,18)10(14)15/h1,5-6,10-11H,2-3H3,(H,22,23)(H,19,20,21). The second kappa shape index (κ2) is 6.76. The maximum atomic E-state index is 13.4. The number of nitrogens with one attached hydrogen (secondary N) is 2. The van der Waals surface area contributed by atoms with E-state index in [1.165, 1.54) is 19.2 Å².